The van der Waals surface area contributed by atoms with Crippen LogP contribution in [0.5, 0.6) is 11.5 Å². The molecule has 1 aliphatic rings. The fraction of sp³-hybridized carbons (Fsp3) is 0.240. The van der Waals surface area contributed by atoms with Crippen molar-refractivity contribution in [2.45, 2.75) is 38.6 Å². The van der Waals surface area contributed by atoms with Gasteiger partial charge >= 0.3 is 0 Å². The number of carbonyl (C=O) groups is 1. The minimum absolute atomic E-state index is 0.0505. The van der Waals surface area contributed by atoms with Crippen molar-refractivity contribution in [2.24, 2.45) is 0 Å². The average molecular weight is 373 g/mol. The molecule has 28 heavy (non-hydrogen) atoms. The van der Waals surface area contributed by atoms with E-state index in [1.54, 1.807) is 0 Å². The van der Waals surface area contributed by atoms with E-state index in [0.29, 0.717) is 6.42 Å². The number of hydrogen-bond acceptors (Lipinski definition) is 2. The van der Waals surface area contributed by atoms with Crippen LogP contribution in [0, 0.1) is 0 Å². The zero-order valence-corrected chi connectivity index (χ0v) is 16.3. The molecule has 144 valence electrons. The van der Waals surface area contributed by atoms with Crippen molar-refractivity contribution in [3.8, 4) is 11.5 Å². The van der Waals surface area contributed by atoms with Gasteiger partial charge in [0.2, 0.25) is 5.91 Å². The number of ether oxygens (including phenoxy) is 1. The van der Waals surface area contributed by atoms with Gasteiger partial charge in [-0.2, -0.15) is 0 Å². The van der Waals surface area contributed by atoms with Crippen molar-refractivity contribution in [1.82, 2.24) is 5.32 Å². The van der Waals surface area contributed by atoms with Crippen LogP contribution >= 0.6 is 0 Å². The molecule has 1 N–H and O–H groups in total. The Morgan fingerprint density at radius 3 is 2.57 bits per heavy atom. The number of hydrogen-bond donors (Lipinski definition) is 1. The first-order chi connectivity index (χ1) is 13.7. The van der Waals surface area contributed by atoms with Crippen LogP contribution in [-0.2, 0) is 11.2 Å². The fourth-order valence-electron chi connectivity index (χ4n) is 3.06. The van der Waals surface area contributed by atoms with E-state index in [-0.39, 0.29) is 11.9 Å². The van der Waals surface area contributed by atoms with E-state index < -0.39 is 0 Å². The summed E-state index contributed by atoms with van der Waals surface area (Å²) in [5.74, 6) is 1.62. The molecule has 0 radical (unpaired) electrons. The maximum Gasteiger partial charge on any atom is 0.224 e. The van der Waals surface area contributed by atoms with Gasteiger partial charge < -0.3 is 10.1 Å². The van der Waals surface area contributed by atoms with Gasteiger partial charge in [-0.1, -0.05) is 60.7 Å². The molecule has 3 nitrogen and oxygen atoms in total. The van der Waals surface area contributed by atoms with E-state index >= 15 is 0 Å². The Hall–Kier alpha value is -3.07. The maximum atomic E-state index is 12.3. The summed E-state index contributed by atoms with van der Waals surface area (Å²) in [4.78, 5) is 12.3. The van der Waals surface area contributed by atoms with Crippen LogP contribution in [0.4, 0.5) is 0 Å². The molecule has 1 atom stereocenters. The number of carbonyl (C=O) groups excluding carboxylic acids is 1. The summed E-state index contributed by atoms with van der Waals surface area (Å²) < 4.78 is 5.79. The SMILES string of the molecule is CC(CCC1=CC=CCC=C1)NC(=O)Cc1ccc(Oc2ccccc2)cc1. The van der Waals surface area contributed by atoms with Crippen molar-refractivity contribution in [3.63, 3.8) is 0 Å². The van der Waals surface area contributed by atoms with Crippen LogP contribution in [0.3, 0.4) is 0 Å². The van der Waals surface area contributed by atoms with Crippen LogP contribution in [-0.4, -0.2) is 11.9 Å². The summed E-state index contributed by atoms with van der Waals surface area (Å²) in [6, 6.07) is 17.5. The second-order valence-electron chi connectivity index (χ2n) is 7.05. The summed E-state index contributed by atoms with van der Waals surface area (Å²) in [7, 11) is 0. The molecule has 1 amide bonds. The minimum Gasteiger partial charge on any atom is -0.457 e. The number of amides is 1. The number of allylic oxidation sites excluding steroid dienone is 6. The molecule has 0 spiro atoms. The third-order valence-electron chi connectivity index (χ3n) is 4.59. The molecular formula is C25H27NO2. The zero-order valence-electron chi connectivity index (χ0n) is 16.3. The molecule has 2 aromatic rings. The lowest BCUT2D eigenvalue weighted by Gasteiger charge is -2.14. The Morgan fingerprint density at radius 2 is 1.79 bits per heavy atom. The largest absolute Gasteiger partial charge is 0.457 e. The van der Waals surface area contributed by atoms with Gasteiger partial charge in [-0.15, -0.1) is 0 Å². The molecule has 0 saturated heterocycles. The highest BCUT2D eigenvalue weighted by atomic mass is 16.5. The summed E-state index contributed by atoms with van der Waals surface area (Å²) >= 11 is 0. The molecule has 0 saturated carbocycles. The lowest BCUT2D eigenvalue weighted by molar-refractivity contribution is -0.121. The molecule has 0 aromatic heterocycles. The zero-order chi connectivity index (χ0) is 19.6. The maximum absolute atomic E-state index is 12.3. The molecule has 0 aliphatic heterocycles. The molecule has 1 unspecified atom stereocenters. The van der Waals surface area contributed by atoms with Crippen molar-refractivity contribution >= 4 is 5.91 Å². The van der Waals surface area contributed by atoms with Crippen molar-refractivity contribution < 1.29 is 9.53 Å². The molecule has 3 rings (SSSR count). The molecule has 0 heterocycles. The van der Waals surface area contributed by atoms with Crippen LogP contribution < -0.4 is 10.1 Å². The van der Waals surface area contributed by atoms with E-state index in [1.807, 2.05) is 54.6 Å². The third kappa shape index (κ3) is 6.58. The first kappa shape index (κ1) is 19.7. The first-order valence-electron chi connectivity index (χ1n) is 9.82. The highest BCUT2D eigenvalue weighted by molar-refractivity contribution is 5.78. The molecule has 0 bridgehead atoms. The third-order valence-corrected chi connectivity index (χ3v) is 4.59. The van der Waals surface area contributed by atoms with Crippen LogP contribution in [0.2, 0.25) is 0 Å². The topological polar surface area (TPSA) is 38.3 Å². The normalized spacial score (nSPS) is 14.1. The van der Waals surface area contributed by atoms with Gasteiger partial charge in [0.15, 0.2) is 0 Å². The van der Waals surface area contributed by atoms with E-state index in [0.717, 1.165) is 36.3 Å². The van der Waals surface area contributed by atoms with Gasteiger partial charge in [0, 0.05) is 6.04 Å². The Bertz CT molecular complexity index is 848. The first-order valence-corrected chi connectivity index (χ1v) is 9.82. The quantitative estimate of drug-likeness (QED) is 0.640. The van der Waals surface area contributed by atoms with Gasteiger partial charge in [-0.25, -0.2) is 0 Å². The van der Waals surface area contributed by atoms with Crippen LogP contribution in [0.1, 0.15) is 31.7 Å². The van der Waals surface area contributed by atoms with Gasteiger partial charge in [0.25, 0.3) is 0 Å². The van der Waals surface area contributed by atoms with Crippen LogP contribution in [0.15, 0.2) is 90.6 Å². The van der Waals surface area contributed by atoms with Crippen molar-refractivity contribution in [3.05, 3.63) is 96.1 Å². The minimum atomic E-state index is 0.0505. The smallest absolute Gasteiger partial charge is 0.224 e. The summed E-state index contributed by atoms with van der Waals surface area (Å²) in [6.45, 7) is 2.06. The number of rotatable bonds is 8. The number of para-hydroxylation sites is 1. The summed E-state index contributed by atoms with van der Waals surface area (Å²) in [6.07, 6.45) is 14.0. The molecular weight excluding hydrogens is 346 g/mol. The van der Waals surface area contributed by atoms with Crippen molar-refractivity contribution in [1.29, 1.82) is 0 Å². The lowest BCUT2D eigenvalue weighted by Crippen LogP contribution is -2.33. The summed E-state index contributed by atoms with van der Waals surface area (Å²) in [5.41, 5.74) is 2.29. The lowest BCUT2D eigenvalue weighted by atomic mass is 10.1. The molecule has 0 fully saturated rings. The number of benzene rings is 2. The van der Waals surface area contributed by atoms with Gasteiger partial charge in [0.05, 0.1) is 6.42 Å². The Morgan fingerprint density at radius 1 is 1.04 bits per heavy atom. The molecule has 3 heteroatoms. The monoisotopic (exact) mass is 373 g/mol. The Kier molecular flexibility index (Phi) is 7.25. The molecule has 2 aromatic carbocycles. The van der Waals surface area contributed by atoms with E-state index in [4.69, 9.17) is 4.74 Å². The number of nitrogens with one attached hydrogen (secondary N) is 1. The van der Waals surface area contributed by atoms with Gasteiger partial charge in [-0.05, 0) is 61.6 Å². The van der Waals surface area contributed by atoms with Gasteiger partial charge in [0.1, 0.15) is 11.5 Å². The van der Waals surface area contributed by atoms with E-state index in [1.165, 1.54) is 5.57 Å². The summed E-state index contributed by atoms with van der Waals surface area (Å²) in [5, 5.41) is 3.10. The standard InChI is InChI=1S/C25H27NO2/c1-20(13-14-21-9-5-2-3-6-10-21)26-25(27)19-22-15-17-24(18-16-22)28-23-11-7-4-8-12-23/h2,4-12,15-18,20H,3,13-14,19H2,1H3,(H,26,27). The fourth-order valence-corrected chi connectivity index (χ4v) is 3.06. The Labute approximate surface area is 167 Å². The van der Waals surface area contributed by atoms with Gasteiger partial charge in [-0.3, -0.25) is 4.79 Å². The highest BCUT2D eigenvalue weighted by Gasteiger charge is 2.09. The van der Waals surface area contributed by atoms with E-state index in [9.17, 15) is 4.79 Å². The average Bonchev–Trinajstić information content (AvgIpc) is 2.97. The Balaban J connectivity index is 1.43. The second kappa shape index (κ2) is 10.3. The second-order valence-corrected chi connectivity index (χ2v) is 7.05. The van der Waals surface area contributed by atoms with Crippen molar-refractivity contribution in [2.75, 3.05) is 0 Å². The highest BCUT2D eigenvalue weighted by Crippen LogP contribution is 2.21. The molecule has 1 aliphatic carbocycles. The van der Waals surface area contributed by atoms with Crippen LogP contribution in [0.25, 0.3) is 0 Å². The predicted octanol–water partition coefficient (Wildman–Crippen LogP) is 5.75. The van der Waals surface area contributed by atoms with E-state index in [2.05, 4.69) is 42.6 Å². The predicted molar refractivity (Wildman–Crippen MR) is 114 cm³/mol.